The predicted octanol–water partition coefficient (Wildman–Crippen LogP) is 5.45. The summed E-state index contributed by atoms with van der Waals surface area (Å²) in [5, 5.41) is 4.12. The van der Waals surface area contributed by atoms with Gasteiger partial charge in [0.05, 0.1) is 29.1 Å². The van der Waals surface area contributed by atoms with Crippen LogP contribution in [0.3, 0.4) is 0 Å². The highest BCUT2D eigenvalue weighted by Gasteiger charge is 2.28. The van der Waals surface area contributed by atoms with E-state index >= 15 is 0 Å². The van der Waals surface area contributed by atoms with E-state index in [2.05, 4.69) is 15.3 Å². The number of ether oxygens (including phenoxy) is 1. The fourth-order valence-electron chi connectivity index (χ4n) is 3.33. The molecule has 0 spiro atoms. The van der Waals surface area contributed by atoms with Gasteiger partial charge in [0.25, 0.3) is 0 Å². The molecule has 1 aliphatic rings. The lowest BCUT2D eigenvalue weighted by molar-refractivity contribution is 0.0962. The third-order valence-electron chi connectivity index (χ3n) is 4.80. The van der Waals surface area contributed by atoms with Gasteiger partial charge >= 0.3 is 0 Å². The van der Waals surface area contributed by atoms with Crippen LogP contribution in [0.5, 0.6) is 5.75 Å². The third-order valence-corrected chi connectivity index (χ3v) is 5.35. The standard InChI is InChI=1S/C21H17Cl2N3O2/c1-28-15-5-2-12(3-6-15)13-8-19-16(20(27)9-13)11-24-21(26-19)25-18-7-4-14(22)10-17(18)23/h2-7,10-11,13H,8-9H2,1H3,(H,24,25,26). The van der Waals surface area contributed by atoms with Crippen LogP contribution in [0.1, 0.15) is 34.0 Å². The van der Waals surface area contributed by atoms with Crippen LogP contribution in [-0.2, 0) is 6.42 Å². The second kappa shape index (κ2) is 7.78. The van der Waals surface area contributed by atoms with E-state index < -0.39 is 0 Å². The molecule has 7 heteroatoms. The van der Waals surface area contributed by atoms with E-state index in [-0.39, 0.29) is 11.7 Å². The number of aromatic nitrogens is 2. The van der Waals surface area contributed by atoms with Crippen LogP contribution in [0, 0.1) is 0 Å². The quantitative estimate of drug-likeness (QED) is 0.615. The molecule has 1 aromatic heterocycles. The van der Waals surface area contributed by atoms with Gasteiger partial charge in [-0.3, -0.25) is 4.79 Å². The molecule has 0 fully saturated rings. The molecule has 28 heavy (non-hydrogen) atoms. The Labute approximate surface area is 172 Å². The Morgan fingerprint density at radius 1 is 1.11 bits per heavy atom. The van der Waals surface area contributed by atoms with E-state index in [1.165, 1.54) is 0 Å². The van der Waals surface area contributed by atoms with Gasteiger partial charge in [-0.15, -0.1) is 0 Å². The second-order valence-corrected chi connectivity index (χ2v) is 7.45. The number of carbonyl (C=O) groups excluding carboxylic acids is 1. The molecule has 142 valence electrons. The topological polar surface area (TPSA) is 64.1 Å². The molecule has 1 N–H and O–H groups in total. The third kappa shape index (κ3) is 3.81. The summed E-state index contributed by atoms with van der Waals surface area (Å²) < 4.78 is 5.21. The summed E-state index contributed by atoms with van der Waals surface area (Å²) >= 11 is 12.1. The lowest BCUT2D eigenvalue weighted by Crippen LogP contribution is -2.21. The number of methoxy groups -OCH3 is 1. The fraction of sp³-hybridized carbons (Fsp3) is 0.190. The zero-order valence-corrected chi connectivity index (χ0v) is 16.6. The summed E-state index contributed by atoms with van der Waals surface area (Å²) in [6, 6.07) is 12.9. The van der Waals surface area contributed by atoms with E-state index in [1.807, 2.05) is 24.3 Å². The average molecular weight is 414 g/mol. The van der Waals surface area contributed by atoms with Gasteiger partial charge in [-0.1, -0.05) is 35.3 Å². The lowest BCUT2D eigenvalue weighted by Gasteiger charge is -2.23. The highest BCUT2D eigenvalue weighted by atomic mass is 35.5. The minimum absolute atomic E-state index is 0.0538. The van der Waals surface area contributed by atoms with Gasteiger partial charge in [0.1, 0.15) is 5.75 Å². The smallest absolute Gasteiger partial charge is 0.227 e. The number of benzene rings is 2. The molecule has 1 heterocycles. The van der Waals surface area contributed by atoms with Crippen molar-refractivity contribution in [3.05, 3.63) is 75.5 Å². The number of fused-ring (bicyclic) bond motifs is 1. The number of halogens is 2. The van der Waals surface area contributed by atoms with Crippen molar-refractivity contribution >= 4 is 40.6 Å². The van der Waals surface area contributed by atoms with Crippen molar-refractivity contribution in [1.29, 1.82) is 0 Å². The minimum atomic E-state index is 0.0538. The number of carbonyl (C=O) groups is 1. The molecule has 4 rings (SSSR count). The zero-order chi connectivity index (χ0) is 19.7. The molecule has 0 aliphatic heterocycles. The van der Waals surface area contributed by atoms with Gasteiger partial charge in [0, 0.05) is 17.6 Å². The number of Topliss-reactive ketones (excluding diaryl/α,β-unsaturated/α-hetero) is 1. The summed E-state index contributed by atoms with van der Waals surface area (Å²) in [5.74, 6) is 1.32. The molecular formula is C21H17Cl2N3O2. The zero-order valence-electron chi connectivity index (χ0n) is 15.1. The molecule has 0 saturated heterocycles. The lowest BCUT2D eigenvalue weighted by atomic mass is 9.82. The van der Waals surface area contributed by atoms with Gasteiger partial charge < -0.3 is 10.1 Å². The first-order chi connectivity index (χ1) is 13.5. The van der Waals surface area contributed by atoms with Crippen LogP contribution in [-0.4, -0.2) is 22.9 Å². The Kier molecular flexibility index (Phi) is 5.20. The normalized spacial score (nSPS) is 15.8. The highest BCUT2D eigenvalue weighted by Crippen LogP contribution is 2.33. The van der Waals surface area contributed by atoms with Crippen LogP contribution in [0.2, 0.25) is 10.0 Å². The van der Waals surface area contributed by atoms with Crippen LogP contribution in [0.4, 0.5) is 11.6 Å². The highest BCUT2D eigenvalue weighted by molar-refractivity contribution is 6.36. The maximum atomic E-state index is 12.6. The van der Waals surface area contributed by atoms with E-state index in [0.717, 1.165) is 17.0 Å². The fourth-order valence-corrected chi connectivity index (χ4v) is 3.78. The molecule has 0 amide bonds. The number of nitrogens with zero attached hydrogens (tertiary/aromatic N) is 2. The molecule has 1 unspecified atom stereocenters. The van der Waals surface area contributed by atoms with Gasteiger partial charge in [0.2, 0.25) is 5.95 Å². The molecular weight excluding hydrogens is 397 g/mol. The Morgan fingerprint density at radius 3 is 2.61 bits per heavy atom. The number of anilines is 2. The Bertz CT molecular complexity index is 1040. The van der Waals surface area contributed by atoms with Gasteiger partial charge in [-0.25, -0.2) is 9.97 Å². The first kappa shape index (κ1) is 18.7. The SMILES string of the molecule is COc1ccc(C2CC(=O)c3cnc(Nc4ccc(Cl)cc4Cl)nc3C2)cc1. The molecule has 1 aliphatic carbocycles. The molecule has 0 radical (unpaired) electrons. The maximum Gasteiger partial charge on any atom is 0.227 e. The summed E-state index contributed by atoms with van der Waals surface area (Å²) in [4.78, 5) is 21.4. The minimum Gasteiger partial charge on any atom is -0.497 e. The van der Waals surface area contributed by atoms with Crippen LogP contribution < -0.4 is 10.1 Å². The Balaban J connectivity index is 1.60. The predicted molar refractivity (Wildman–Crippen MR) is 110 cm³/mol. The first-order valence-corrected chi connectivity index (χ1v) is 9.54. The first-order valence-electron chi connectivity index (χ1n) is 8.78. The maximum absolute atomic E-state index is 12.6. The summed E-state index contributed by atoms with van der Waals surface area (Å²) in [6.07, 6.45) is 2.69. The monoisotopic (exact) mass is 413 g/mol. The molecule has 1 atom stereocenters. The van der Waals surface area contributed by atoms with Crippen molar-refractivity contribution in [2.45, 2.75) is 18.8 Å². The second-order valence-electron chi connectivity index (χ2n) is 6.60. The van der Waals surface area contributed by atoms with Crippen molar-refractivity contribution in [2.75, 3.05) is 12.4 Å². The van der Waals surface area contributed by atoms with Crippen LogP contribution in [0.15, 0.2) is 48.7 Å². The number of hydrogen-bond acceptors (Lipinski definition) is 5. The average Bonchev–Trinajstić information content (AvgIpc) is 2.70. The van der Waals surface area contributed by atoms with Crippen molar-refractivity contribution in [3.63, 3.8) is 0 Å². The van der Waals surface area contributed by atoms with Gasteiger partial charge in [-0.05, 0) is 48.2 Å². The van der Waals surface area contributed by atoms with E-state index in [4.69, 9.17) is 27.9 Å². The van der Waals surface area contributed by atoms with Crippen LogP contribution in [0.25, 0.3) is 0 Å². The molecule has 3 aromatic rings. The summed E-state index contributed by atoms with van der Waals surface area (Å²) in [5.41, 5.74) is 3.06. The Hall–Kier alpha value is -2.63. The summed E-state index contributed by atoms with van der Waals surface area (Å²) in [6.45, 7) is 0. The molecule has 0 saturated carbocycles. The van der Waals surface area contributed by atoms with Crippen molar-refractivity contribution in [2.24, 2.45) is 0 Å². The number of ketones is 1. The van der Waals surface area contributed by atoms with Crippen LogP contribution >= 0.6 is 23.2 Å². The van der Waals surface area contributed by atoms with Gasteiger partial charge in [-0.2, -0.15) is 0 Å². The van der Waals surface area contributed by atoms with E-state index in [9.17, 15) is 4.79 Å². The molecule has 2 aromatic carbocycles. The van der Waals surface area contributed by atoms with E-state index in [0.29, 0.717) is 40.1 Å². The Morgan fingerprint density at radius 2 is 1.89 bits per heavy atom. The largest absolute Gasteiger partial charge is 0.497 e. The number of rotatable bonds is 4. The summed E-state index contributed by atoms with van der Waals surface area (Å²) in [7, 11) is 1.63. The number of hydrogen-bond donors (Lipinski definition) is 1. The van der Waals surface area contributed by atoms with Crippen molar-refractivity contribution < 1.29 is 9.53 Å². The molecule has 0 bridgehead atoms. The van der Waals surface area contributed by atoms with Crippen molar-refractivity contribution in [3.8, 4) is 5.75 Å². The number of nitrogens with one attached hydrogen (secondary N) is 1. The van der Waals surface area contributed by atoms with Crippen molar-refractivity contribution in [1.82, 2.24) is 9.97 Å². The van der Waals surface area contributed by atoms with Gasteiger partial charge in [0.15, 0.2) is 5.78 Å². The molecule has 5 nitrogen and oxygen atoms in total. The van der Waals surface area contributed by atoms with E-state index in [1.54, 1.807) is 31.5 Å².